The Labute approximate surface area is 83.2 Å². The van der Waals surface area contributed by atoms with E-state index in [-0.39, 0.29) is 6.61 Å². The molecule has 2 rings (SSSR count). The molecule has 0 amide bonds. The molecule has 1 aliphatic heterocycles. The third kappa shape index (κ3) is 1.93. The van der Waals surface area contributed by atoms with E-state index < -0.39 is 0 Å². The monoisotopic (exact) mass is 196 g/mol. The van der Waals surface area contributed by atoms with Crippen molar-refractivity contribution in [3.63, 3.8) is 0 Å². The first-order chi connectivity index (χ1) is 6.92. The van der Waals surface area contributed by atoms with E-state index >= 15 is 0 Å². The van der Waals surface area contributed by atoms with E-state index in [9.17, 15) is 0 Å². The van der Waals surface area contributed by atoms with Crippen LogP contribution in [0.5, 0.6) is 0 Å². The van der Waals surface area contributed by atoms with Gasteiger partial charge in [0, 0.05) is 19.0 Å². The van der Waals surface area contributed by atoms with Crippen LogP contribution >= 0.6 is 0 Å². The van der Waals surface area contributed by atoms with Crippen LogP contribution in [0.25, 0.3) is 0 Å². The van der Waals surface area contributed by atoms with E-state index in [1.54, 1.807) is 6.33 Å². The molecule has 2 N–H and O–H groups in total. The third-order valence-electron chi connectivity index (χ3n) is 2.65. The zero-order valence-corrected chi connectivity index (χ0v) is 8.19. The molecule has 1 aliphatic rings. The van der Waals surface area contributed by atoms with Crippen LogP contribution in [-0.4, -0.2) is 39.6 Å². The van der Waals surface area contributed by atoms with Crippen LogP contribution in [0.3, 0.4) is 0 Å². The first kappa shape index (κ1) is 9.61. The van der Waals surface area contributed by atoms with Gasteiger partial charge in [-0.3, -0.25) is 0 Å². The molecule has 1 saturated heterocycles. The standard InChI is InChI=1S/C9H16N4O/c14-5-4-13-7-11-12-9(13)8-2-1-3-10-6-8/h7-8,10,14H,1-6H2. The van der Waals surface area contributed by atoms with Gasteiger partial charge in [-0.15, -0.1) is 10.2 Å². The summed E-state index contributed by atoms with van der Waals surface area (Å²) >= 11 is 0. The van der Waals surface area contributed by atoms with Crippen molar-refractivity contribution in [3.8, 4) is 0 Å². The second-order valence-electron chi connectivity index (χ2n) is 3.65. The topological polar surface area (TPSA) is 63.0 Å². The molecule has 0 radical (unpaired) electrons. The van der Waals surface area contributed by atoms with Crippen molar-refractivity contribution in [1.29, 1.82) is 0 Å². The summed E-state index contributed by atoms with van der Waals surface area (Å²) in [7, 11) is 0. The molecule has 1 unspecified atom stereocenters. The molecule has 1 fully saturated rings. The number of piperidine rings is 1. The molecule has 1 aromatic heterocycles. The summed E-state index contributed by atoms with van der Waals surface area (Å²) in [6.07, 6.45) is 4.05. The Bertz CT molecular complexity index is 280. The lowest BCUT2D eigenvalue weighted by Gasteiger charge is -2.22. The average molecular weight is 196 g/mol. The molecule has 0 aliphatic carbocycles. The van der Waals surface area contributed by atoms with E-state index in [4.69, 9.17) is 5.11 Å². The Morgan fingerprint density at radius 2 is 2.57 bits per heavy atom. The Morgan fingerprint density at radius 3 is 3.29 bits per heavy atom. The van der Waals surface area contributed by atoms with Crippen LogP contribution in [0.2, 0.25) is 0 Å². The molecule has 14 heavy (non-hydrogen) atoms. The summed E-state index contributed by atoms with van der Waals surface area (Å²) in [4.78, 5) is 0. The molecule has 2 heterocycles. The quantitative estimate of drug-likeness (QED) is 0.699. The number of aromatic nitrogens is 3. The van der Waals surface area contributed by atoms with Crippen LogP contribution in [-0.2, 0) is 6.54 Å². The van der Waals surface area contributed by atoms with Gasteiger partial charge in [0.1, 0.15) is 12.2 Å². The molecule has 0 saturated carbocycles. The fourth-order valence-electron chi connectivity index (χ4n) is 1.93. The van der Waals surface area contributed by atoms with Crippen LogP contribution in [0, 0.1) is 0 Å². The predicted molar refractivity (Wildman–Crippen MR) is 52.0 cm³/mol. The number of nitrogens with zero attached hydrogens (tertiary/aromatic N) is 3. The van der Waals surface area contributed by atoms with Gasteiger partial charge >= 0.3 is 0 Å². The van der Waals surface area contributed by atoms with Crippen LogP contribution in [0.1, 0.15) is 24.6 Å². The normalized spacial score (nSPS) is 22.5. The lowest BCUT2D eigenvalue weighted by molar-refractivity contribution is 0.271. The number of hydrogen-bond donors (Lipinski definition) is 2. The third-order valence-corrected chi connectivity index (χ3v) is 2.65. The van der Waals surface area contributed by atoms with Gasteiger partial charge in [0.15, 0.2) is 0 Å². The minimum absolute atomic E-state index is 0.144. The maximum absolute atomic E-state index is 8.87. The molecular formula is C9H16N4O. The minimum atomic E-state index is 0.144. The van der Waals surface area contributed by atoms with Gasteiger partial charge in [-0.1, -0.05) is 0 Å². The first-order valence-electron chi connectivity index (χ1n) is 5.11. The fraction of sp³-hybridized carbons (Fsp3) is 0.778. The maximum atomic E-state index is 8.87. The Kier molecular flexibility index (Phi) is 3.10. The smallest absolute Gasteiger partial charge is 0.137 e. The number of aliphatic hydroxyl groups excluding tert-OH is 1. The fourth-order valence-corrected chi connectivity index (χ4v) is 1.93. The van der Waals surface area contributed by atoms with Crippen molar-refractivity contribution >= 4 is 0 Å². The lowest BCUT2D eigenvalue weighted by Crippen LogP contribution is -2.30. The molecule has 0 bridgehead atoms. The average Bonchev–Trinajstić information content (AvgIpc) is 2.68. The van der Waals surface area contributed by atoms with Crippen molar-refractivity contribution in [2.75, 3.05) is 19.7 Å². The second-order valence-corrected chi connectivity index (χ2v) is 3.65. The first-order valence-corrected chi connectivity index (χ1v) is 5.11. The van der Waals surface area contributed by atoms with Gasteiger partial charge in [-0.25, -0.2) is 0 Å². The molecular weight excluding hydrogens is 180 g/mol. The highest BCUT2D eigenvalue weighted by Crippen LogP contribution is 2.20. The summed E-state index contributed by atoms with van der Waals surface area (Å²) in [5.74, 6) is 1.46. The molecule has 5 nitrogen and oxygen atoms in total. The summed E-state index contributed by atoms with van der Waals surface area (Å²) in [6, 6.07) is 0. The number of aliphatic hydroxyl groups is 1. The van der Waals surface area contributed by atoms with Crippen molar-refractivity contribution < 1.29 is 5.11 Å². The highest BCUT2D eigenvalue weighted by Gasteiger charge is 2.19. The molecule has 5 heteroatoms. The largest absolute Gasteiger partial charge is 0.395 e. The van der Waals surface area contributed by atoms with E-state index in [2.05, 4.69) is 15.5 Å². The molecule has 0 spiro atoms. The van der Waals surface area contributed by atoms with Gasteiger partial charge in [0.05, 0.1) is 6.61 Å². The van der Waals surface area contributed by atoms with Gasteiger partial charge in [-0.05, 0) is 19.4 Å². The molecule has 1 atom stereocenters. The highest BCUT2D eigenvalue weighted by molar-refractivity contribution is 4.99. The summed E-state index contributed by atoms with van der Waals surface area (Å²) in [5.41, 5.74) is 0. The van der Waals surface area contributed by atoms with Crippen LogP contribution in [0.15, 0.2) is 6.33 Å². The predicted octanol–water partition coefficient (Wildman–Crippen LogP) is -0.263. The molecule has 78 valence electrons. The van der Waals surface area contributed by atoms with Crippen LogP contribution < -0.4 is 5.32 Å². The van der Waals surface area contributed by atoms with E-state index in [0.29, 0.717) is 12.5 Å². The van der Waals surface area contributed by atoms with Crippen LogP contribution in [0.4, 0.5) is 0 Å². The maximum Gasteiger partial charge on any atom is 0.137 e. The van der Waals surface area contributed by atoms with Crippen molar-refractivity contribution in [1.82, 2.24) is 20.1 Å². The zero-order chi connectivity index (χ0) is 9.80. The summed E-state index contributed by atoms with van der Waals surface area (Å²) in [6.45, 7) is 2.82. The Hall–Kier alpha value is -0.940. The number of nitrogens with one attached hydrogen (secondary N) is 1. The number of rotatable bonds is 3. The lowest BCUT2D eigenvalue weighted by atomic mass is 9.99. The molecule has 1 aromatic rings. The van der Waals surface area contributed by atoms with Gasteiger partial charge in [-0.2, -0.15) is 0 Å². The summed E-state index contributed by atoms with van der Waals surface area (Å²) in [5, 5.41) is 20.2. The van der Waals surface area contributed by atoms with Gasteiger partial charge in [0.25, 0.3) is 0 Å². The van der Waals surface area contributed by atoms with Crippen molar-refractivity contribution in [2.24, 2.45) is 0 Å². The van der Waals surface area contributed by atoms with E-state index in [1.807, 2.05) is 4.57 Å². The van der Waals surface area contributed by atoms with E-state index in [1.165, 1.54) is 6.42 Å². The van der Waals surface area contributed by atoms with E-state index in [0.717, 1.165) is 25.3 Å². The minimum Gasteiger partial charge on any atom is -0.395 e. The highest BCUT2D eigenvalue weighted by atomic mass is 16.3. The summed E-state index contributed by atoms with van der Waals surface area (Å²) < 4.78 is 1.94. The number of hydrogen-bond acceptors (Lipinski definition) is 4. The SMILES string of the molecule is OCCn1cnnc1C1CCCNC1. The Balaban J connectivity index is 2.09. The van der Waals surface area contributed by atoms with Crippen molar-refractivity contribution in [3.05, 3.63) is 12.2 Å². The molecule has 0 aromatic carbocycles. The van der Waals surface area contributed by atoms with Gasteiger partial charge < -0.3 is 15.0 Å². The Morgan fingerprint density at radius 1 is 1.64 bits per heavy atom. The zero-order valence-electron chi connectivity index (χ0n) is 8.19. The van der Waals surface area contributed by atoms with Crippen molar-refractivity contribution in [2.45, 2.75) is 25.3 Å². The second kappa shape index (κ2) is 4.52. The van der Waals surface area contributed by atoms with Gasteiger partial charge in [0.2, 0.25) is 0 Å².